The third kappa shape index (κ3) is 10.8. The summed E-state index contributed by atoms with van der Waals surface area (Å²) in [6, 6.07) is 10.6. The lowest BCUT2D eigenvalue weighted by Crippen LogP contribution is -2.52. The number of hydrogen-bond donors (Lipinski definition) is 1. The van der Waals surface area contributed by atoms with Crippen molar-refractivity contribution >= 4 is 5.91 Å². The Balaban J connectivity index is 2.16. The van der Waals surface area contributed by atoms with E-state index in [1.54, 1.807) is 0 Å². The van der Waals surface area contributed by atoms with Crippen molar-refractivity contribution in [3.63, 3.8) is 0 Å². The number of amides is 1. The van der Waals surface area contributed by atoms with Gasteiger partial charge in [-0.25, -0.2) is 0 Å². The van der Waals surface area contributed by atoms with Crippen LogP contribution in [0.1, 0.15) is 90.5 Å². The zero-order valence-electron chi connectivity index (χ0n) is 18.8. The van der Waals surface area contributed by atoms with Crippen molar-refractivity contribution in [2.45, 2.75) is 91.5 Å². The van der Waals surface area contributed by atoms with E-state index in [2.05, 4.69) is 56.4 Å². The van der Waals surface area contributed by atoms with Gasteiger partial charge in [0, 0.05) is 12.1 Å². The fourth-order valence-electron chi connectivity index (χ4n) is 3.90. The first-order chi connectivity index (χ1) is 13.7. The van der Waals surface area contributed by atoms with Crippen LogP contribution in [0.3, 0.4) is 0 Å². The summed E-state index contributed by atoms with van der Waals surface area (Å²) in [7, 11) is 0. The van der Waals surface area contributed by atoms with Gasteiger partial charge in [0.1, 0.15) is 6.54 Å². The van der Waals surface area contributed by atoms with Crippen molar-refractivity contribution < 1.29 is 9.28 Å². The van der Waals surface area contributed by atoms with Crippen molar-refractivity contribution in [3.05, 3.63) is 35.9 Å². The summed E-state index contributed by atoms with van der Waals surface area (Å²) in [5.74, 6) is 0.204. The quantitative estimate of drug-likeness (QED) is 0.254. The molecule has 1 N–H and O–H groups in total. The van der Waals surface area contributed by atoms with Gasteiger partial charge in [0.25, 0.3) is 5.91 Å². The molecule has 3 nitrogen and oxygen atoms in total. The summed E-state index contributed by atoms with van der Waals surface area (Å²) in [6.07, 6.45) is 13.3. The van der Waals surface area contributed by atoms with Gasteiger partial charge in [-0.05, 0) is 20.3 Å². The summed E-state index contributed by atoms with van der Waals surface area (Å²) >= 11 is 0. The molecule has 0 saturated heterocycles. The minimum atomic E-state index is 0.204. The Morgan fingerprint density at radius 2 is 1.32 bits per heavy atom. The number of unbranched alkanes of at least 4 members (excludes halogenated alkanes) is 9. The van der Waals surface area contributed by atoms with Crippen LogP contribution in [-0.4, -0.2) is 36.6 Å². The molecule has 3 heteroatoms. The van der Waals surface area contributed by atoms with E-state index in [0.29, 0.717) is 6.54 Å². The normalized spacial score (nSPS) is 11.5. The van der Waals surface area contributed by atoms with Crippen LogP contribution < -0.4 is 5.32 Å². The molecule has 0 aliphatic carbocycles. The van der Waals surface area contributed by atoms with Gasteiger partial charge in [0.2, 0.25) is 0 Å². The molecule has 0 unspecified atom stereocenters. The molecule has 0 heterocycles. The maximum absolute atomic E-state index is 12.5. The maximum atomic E-state index is 12.5. The highest BCUT2D eigenvalue weighted by Crippen LogP contribution is 2.14. The Kier molecular flexibility index (Phi) is 13.7. The molecule has 1 rings (SSSR count). The standard InChI is InChI=1S/C25H44N2O/c1-4-7-8-9-10-11-12-13-14-18-21-26-25(28)23-27(5-2,6-3)22-24-19-16-15-17-20-24/h15-17,19-20H,4-14,18,21-23H2,1-3H3/p+1. The third-order valence-corrected chi connectivity index (χ3v) is 6.03. The van der Waals surface area contributed by atoms with Crippen molar-refractivity contribution in [2.24, 2.45) is 0 Å². The average Bonchev–Trinajstić information content (AvgIpc) is 2.72. The molecule has 0 fully saturated rings. The molecule has 160 valence electrons. The number of nitrogens with zero attached hydrogens (tertiary/aromatic N) is 1. The molecule has 0 aliphatic heterocycles. The van der Waals surface area contributed by atoms with E-state index in [1.165, 1.54) is 63.4 Å². The van der Waals surface area contributed by atoms with E-state index in [0.717, 1.165) is 37.1 Å². The SMILES string of the molecule is CCCCCCCCCCCCNC(=O)C[N+](CC)(CC)Cc1ccccc1. The lowest BCUT2D eigenvalue weighted by Gasteiger charge is -2.36. The highest BCUT2D eigenvalue weighted by Gasteiger charge is 2.27. The third-order valence-electron chi connectivity index (χ3n) is 6.03. The van der Waals surface area contributed by atoms with Crippen molar-refractivity contribution in [1.29, 1.82) is 0 Å². The molecule has 0 bridgehead atoms. The second-order valence-electron chi connectivity index (χ2n) is 8.31. The van der Waals surface area contributed by atoms with E-state index >= 15 is 0 Å². The molecule has 1 aromatic carbocycles. The first kappa shape index (κ1) is 24.7. The van der Waals surface area contributed by atoms with E-state index < -0.39 is 0 Å². The van der Waals surface area contributed by atoms with Gasteiger partial charge in [-0.2, -0.15) is 0 Å². The van der Waals surface area contributed by atoms with Crippen LogP contribution >= 0.6 is 0 Å². The van der Waals surface area contributed by atoms with E-state index in [9.17, 15) is 4.79 Å². The summed E-state index contributed by atoms with van der Waals surface area (Å²) in [5.41, 5.74) is 1.31. The molecular weight excluding hydrogens is 344 g/mol. The molecule has 0 spiro atoms. The average molecular weight is 390 g/mol. The smallest absolute Gasteiger partial charge is 0.275 e. The molecule has 1 aromatic rings. The van der Waals surface area contributed by atoms with Gasteiger partial charge in [0.15, 0.2) is 6.54 Å². The summed E-state index contributed by atoms with van der Waals surface area (Å²) < 4.78 is 0.827. The van der Waals surface area contributed by atoms with Crippen LogP contribution in [0.15, 0.2) is 30.3 Å². The monoisotopic (exact) mass is 389 g/mol. The largest absolute Gasteiger partial charge is 0.351 e. The van der Waals surface area contributed by atoms with Crippen molar-refractivity contribution in [1.82, 2.24) is 5.32 Å². The van der Waals surface area contributed by atoms with Crippen LogP contribution in [0, 0.1) is 0 Å². The highest BCUT2D eigenvalue weighted by molar-refractivity contribution is 5.77. The molecular formula is C25H45N2O+. The first-order valence-corrected chi connectivity index (χ1v) is 11.8. The van der Waals surface area contributed by atoms with Gasteiger partial charge in [-0.15, -0.1) is 0 Å². The zero-order chi connectivity index (χ0) is 20.5. The number of rotatable bonds is 17. The Morgan fingerprint density at radius 3 is 1.86 bits per heavy atom. The number of benzene rings is 1. The molecule has 0 aromatic heterocycles. The van der Waals surface area contributed by atoms with Crippen LogP contribution in [-0.2, 0) is 11.3 Å². The van der Waals surface area contributed by atoms with Gasteiger partial charge >= 0.3 is 0 Å². The molecule has 28 heavy (non-hydrogen) atoms. The highest BCUT2D eigenvalue weighted by atomic mass is 16.2. The Morgan fingerprint density at radius 1 is 0.786 bits per heavy atom. The van der Waals surface area contributed by atoms with Gasteiger partial charge in [-0.1, -0.05) is 95.0 Å². The summed E-state index contributed by atoms with van der Waals surface area (Å²) in [5, 5.41) is 3.16. The minimum absolute atomic E-state index is 0.204. The molecule has 0 radical (unpaired) electrons. The fourth-order valence-corrected chi connectivity index (χ4v) is 3.90. The summed E-state index contributed by atoms with van der Waals surface area (Å²) in [4.78, 5) is 12.5. The Bertz CT molecular complexity index is 497. The predicted octanol–water partition coefficient (Wildman–Crippen LogP) is 6.08. The number of nitrogens with one attached hydrogen (secondary N) is 1. The topological polar surface area (TPSA) is 29.1 Å². The number of carbonyl (C=O) groups excluding carboxylic acids is 1. The van der Waals surface area contributed by atoms with Crippen LogP contribution in [0.25, 0.3) is 0 Å². The maximum Gasteiger partial charge on any atom is 0.275 e. The summed E-state index contributed by atoms with van der Waals surface area (Å²) in [6.45, 7) is 11.0. The van der Waals surface area contributed by atoms with Gasteiger partial charge < -0.3 is 9.80 Å². The van der Waals surface area contributed by atoms with Gasteiger partial charge in [-0.3, -0.25) is 4.79 Å². The van der Waals surface area contributed by atoms with Crippen LogP contribution in [0.5, 0.6) is 0 Å². The number of carbonyl (C=O) groups is 1. The minimum Gasteiger partial charge on any atom is -0.351 e. The van der Waals surface area contributed by atoms with E-state index in [1.807, 2.05) is 0 Å². The Hall–Kier alpha value is -1.35. The van der Waals surface area contributed by atoms with Gasteiger partial charge in [0.05, 0.1) is 13.1 Å². The second kappa shape index (κ2) is 15.6. The lowest BCUT2D eigenvalue weighted by atomic mass is 10.1. The number of quaternary nitrogens is 1. The molecule has 0 aliphatic rings. The second-order valence-corrected chi connectivity index (χ2v) is 8.31. The number of hydrogen-bond acceptors (Lipinski definition) is 1. The molecule has 1 amide bonds. The molecule has 0 saturated carbocycles. The van der Waals surface area contributed by atoms with Crippen molar-refractivity contribution in [3.8, 4) is 0 Å². The van der Waals surface area contributed by atoms with Crippen molar-refractivity contribution in [2.75, 3.05) is 26.2 Å². The lowest BCUT2D eigenvalue weighted by molar-refractivity contribution is -0.930. The van der Waals surface area contributed by atoms with Crippen LogP contribution in [0.4, 0.5) is 0 Å². The first-order valence-electron chi connectivity index (χ1n) is 11.8. The van der Waals surface area contributed by atoms with E-state index in [4.69, 9.17) is 0 Å². The zero-order valence-corrected chi connectivity index (χ0v) is 18.8. The fraction of sp³-hybridized carbons (Fsp3) is 0.720. The Labute approximate surface area is 174 Å². The molecule has 0 atom stereocenters. The van der Waals surface area contributed by atoms with E-state index in [-0.39, 0.29) is 5.91 Å². The van der Waals surface area contributed by atoms with Crippen LogP contribution in [0.2, 0.25) is 0 Å². The number of likely N-dealkylation sites (N-methyl/N-ethyl adjacent to an activating group) is 1. The predicted molar refractivity (Wildman–Crippen MR) is 121 cm³/mol.